The summed E-state index contributed by atoms with van der Waals surface area (Å²) in [6, 6.07) is 4.05. The van der Waals surface area contributed by atoms with Gasteiger partial charge in [0.25, 0.3) is 0 Å². The van der Waals surface area contributed by atoms with Crippen molar-refractivity contribution < 1.29 is 22.7 Å². The summed E-state index contributed by atoms with van der Waals surface area (Å²) in [6.07, 6.45) is -4.55. The Morgan fingerprint density at radius 1 is 1.28 bits per heavy atom. The summed E-state index contributed by atoms with van der Waals surface area (Å²) in [5, 5.41) is 0.570. The monoisotopic (exact) mass is 388 g/mol. The molecular weight excluding hydrogens is 381 g/mol. The van der Waals surface area contributed by atoms with E-state index in [4.69, 9.17) is 0 Å². The molecule has 0 radical (unpaired) electrons. The first-order valence-corrected chi connectivity index (χ1v) is 7.16. The Morgan fingerprint density at radius 2 is 1.94 bits per heavy atom. The van der Waals surface area contributed by atoms with E-state index in [1.54, 1.807) is 0 Å². The third-order valence-corrected chi connectivity index (χ3v) is 3.07. The van der Waals surface area contributed by atoms with Gasteiger partial charge in [0.2, 0.25) is 0 Å². The van der Waals surface area contributed by atoms with Gasteiger partial charge in [-0.3, -0.25) is 4.79 Å². The maximum absolute atomic E-state index is 12.2. The minimum Gasteiger partial charge on any atom is -0.405 e. The molecule has 100 valence electrons. The highest BCUT2D eigenvalue weighted by molar-refractivity contribution is 9.09. The van der Waals surface area contributed by atoms with E-state index in [-0.39, 0.29) is 34.4 Å². The van der Waals surface area contributed by atoms with Gasteiger partial charge < -0.3 is 4.74 Å². The lowest BCUT2D eigenvalue weighted by Gasteiger charge is -2.14. The molecule has 0 aliphatic heterocycles. The molecule has 1 rings (SSSR count). The SMILES string of the molecule is O=C(CCBr)c1cccc(OC(F)(F)F)c1CBr. The molecule has 0 fully saturated rings. The van der Waals surface area contributed by atoms with Gasteiger partial charge in [-0.05, 0) is 6.07 Å². The Bertz CT molecular complexity index is 433. The van der Waals surface area contributed by atoms with E-state index in [0.717, 1.165) is 0 Å². The van der Waals surface area contributed by atoms with Crippen molar-refractivity contribution in [2.24, 2.45) is 0 Å². The molecule has 0 bridgehead atoms. The Morgan fingerprint density at radius 3 is 2.44 bits per heavy atom. The summed E-state index contributed by atoms with van der Waals surface area (Å²) in [5.74, 6) is -0.575. The Labute approximate surface area is 119 Å². The predicted molar refractivity (Wildman–Crippen MR) is 68.5 cm³/mol. The smallest absolute Gasteiger partial charge is 0.405 e. The number of carbonyl (C=O) groups excluding carboxylic acids is 1. The van der Waals surface area contributed by atoms with Gasteiger partial charge in [0, 0.05) is 28.2 Å². The number of carbonyl (C=O) groups is 1. The van der Waals surface area contributed by atoms with Crippen molar-refractivity contribution in [1.82, 2.24) is 0 Å². The van der Waals surface area contributed by atoms with Crippen LogP contribution in [0.5, 0.6) is 5.75 Å². The van der Waals surface area contributed by atoms with E-state index < -0.39 is 6.36 Å². The minimum absolute atomic E-state index is 0.114. The lowest BCUT2D eigenvalue weighted by Crippen LogP contribution is -2.19. The van der Waals surface area contributed by atoms with Gasteiger partial charge in [-0.2, -0.15) is 0 Å². The summed E-state index contributed by atoms with van der Waals surface area (Å²) >= 11 is 6.19. The average Bonchev–Trinajstić information content (AvgIpc) is 2.27. The van der Waals surface area contributed by atoms with Crippen molar-refractivity contribution in [2.45, 2.75) is 18.1 Å². The number of rotatable bonds is 5. The van der Waals surface area contributed by atoms with E-state index in [1.807, 2.05) is 0 Å². The number of ketones is 1. The lowest BCUT2D eigenvalue weighted by molar-refractivity contribution is -0.274. The molecule has 0 heterocycles. The highest BCUT2D eigenvalue weighted by atomic mass is 79.9. The second kappa shape index (κ2) is 6.56. The first-order chi connectivity index (χ1) is 8.39. The standard InChI is InChI=1S/C11H9Br2F3O2/c12-5-4-9(17)7-2-1-3-10(8(7)6-13)18-11(14,15)16/h1-3H,4-6H2. The van der Waals surface area contributed by atoms with Gasteiger partial charge >= 0.3 is 6.36 Å². The van der Waals surface area contributed by atoms with E-state index in [0.29, 0.717) is 5.33 Å². The van der Waals surface area contributed by atoms with Gasteiger partial charge in [-0.25, -0.2) is 0 Å². The molecule has 0 N–H and O–H groups in total. The number of halogens is 5. The topological polar surface area (TPSA) is 26.3 Å². The highest BCUT2D eigenvalue weighted by Crippen LogP contribution is 2.30. The Kier molecular flexibility index (Phi) is 5.65. The highest BCUT2D eigenvalue weighted by Gasteiger charge is 2.32. The predicted octanol–water partition coefficient (Wildman–Crippen LogP) is 4.45. The Hall–Kier alpha value is -0.560. The van der Waals surface area contributed by atoms with Gasteiger partial charge in [-0.1, -0.05) is 44.0 Å². The quantitative estimate of drug-likeness (QED) is 0.549. The van der Waals surface area contributed by atoms with E-state index in [9.17, 15) is 18.0 Å². The molecule has 7 heteroatoms. The number of hydrogen-bond donors (Lipinski definition) is 0. The minimum atomic E-state index is -4.77. The van der Waals surface area contributed by atoms with Crippen LogP contribution in [0.4, 0.5) is 13.2 Å². The van der Waals surface area contributed by atoms with Crippen LogP contribution in [0.1, 0.15) is 22.3 Å². The fourth-order valence-electron chi connectivity index (χ4n) is 1.41. The van der Waals surface area contributed by atoms with Crippen LogP contribution in [0.3, 0.4) is 0 Å². The maximum atomic E-state index is 12.2. The molecule has 0 unspecified atom stereocenters. The van der Waals surface area contributed by atoms with Crippen molar-refractivity contribution in [3.8, 4) is 5.75 Å². The summed E-state index contributed by atoms with van der Waals surface area (Å²) in [4.78, 5) is 11.8. The number of Topliss-reactive ketones (excluding diaryl/α,β-unsaturated/α-hetero) is 1. The van der Waals surface area contributed by atoms with Gasteiger partial charge in [0.05, 0.1) is 0 Å². The number of benzene rings is 1. The third-order valence-electron chi connectivity index (χ3n) is 2.11. The second-order valence-corrected chi connectivity index (χ2v) is 4.68. The summed E-state index contributed by atoms with van der Waals surface area (Å²) in [6.45, 7) is 0. The van der Waals surface area contributed by atoms with E-state index in [1.165, 1.54) is 18.2 Å². The number of alkyl halides is 5. The first kappa shape index (κ1) is 15.5. The van der Waals surface area contributed by atoms with Crippen molar-refractivity contribution in [1.29, 1.82) is 0 Å². The van der Waals surface area contributed by atoms with E-state index in [2.05, 4.69) is 36.6 Å². The van der Waals surface area contributed by atoms with Crippen LogP contribution in [-0.4, -0.2) is 17.5 Å². The first-order valence-electron chi connectivity index (χ1n) is 4.91. The van der Waals surface area contributed by atoms with Gasteiger partial charge in [0.15, 0.2) is 5.78 Å². The van der Waals surface area contributed by atoms with Crippen LogP contribution in [0.25, 0.3) is 0 Å². The normalized spacial score (nSPS) is 11.4. The van der Waals surface area contributed by atoms with Crippen LogP contribution in [0, 0.1) is 0 Å². The van der Waals surface area contributed by atoms with Crippen LogP contribution < -0.4 is 4.74 Å². The molecule has 0 amide bonds. The fourth-order valence-corrected chi connectivity index (χ4v) is 2.34. The Balaban J connectivity index is 3.14. The second-order valence-electron chi connectivity index (χ2n) is 3.33. The zero-order chi connectivity index (χ0) is 13.8. The van der Waals surface area contributed by atoms with Crippen molar-refractivity contribution in [3.63, 3.8) is 0 Å². The average molecular weight is 390 g/mol. The molecule has 2 nitrogen and oxygen atoms in total. The van der Waals surface area contributed by atoms with Gasteiger partial charge in [-0.15, -0.1) is 13.2 Å². The molecule has 0 spiro atoms. The lowest BCUT2D eigenvalue weighted by atomic mass is 10.0. The van der Waals surface area contributed by atoms with Crippen LogP contribution in [0.15, 0.2) is 18.2 Å². The molecule has 0 aliphatic carbocycles. The van der Waals surface area contributed by atoms with Gasteiger partial charge in [0.1, 0.15) is 5.75 Å². The zero-order valence-corrected chi connectivity index (χ0v) is 12.2. The van der Waals surface area contributed by atoms with Crippen molar-refractivity contribution in [3.05, 3.63) is 29.3 Å². The van der Waals surface area contributed by atoms with E-state index >= 15 is 0 Å². The third kappa shape index (κ3) is 4.28. The number of hydrogen-bond acceptors (Lipinski definition) is 2. The summed E-state index contributed by atoms with van der Waals surface area (Å²) in [7, 11) is 0. The molecule has 0 aromatic heterocycles. The van der Waals surface area contributed by atoms with Crippen LogP contribution >= 0.6 is 31.9 Å². The summed E-state index contributed by atoms with van der Waals surface area (Å²) < 4.78 is 40.5. The molecule has 1 aromatic carbocycles. The molecular formula is C11H9Br2F3O2. The molecule has 18 heavy (non-hydrogen) atoms. The maximum Gasteiger partial charge on any atom is 0.573 e. The fraction of sp³-hybridized carbons (Fsp3) is 0.364. The van der Waals surface area contributed by atoms with Crippen molar-refractivity contribution >= 4 is 37.6 Å². The largest absolute Gasteiger partial charge is 0.573 e. The molecule has 1 aromatic rings. The number of ether oxygens (including phenoxy) is 1. The molecule has 0 atom stereocenters. The van der Waals surface area contributed by atoms with Crippen molar-refractivity contribution in [2.75, 3.05) is 5.33 Å². The molecule has 0 aliphatic rings. The molecule has 0 saturated carbocycles. The zero-order valence-electron chi connectivity index (χ0n) is 9.06. The summed E-state index contributed by atoms with van der Waals surface area (Å²) in [5.41, 5.74) is 0.453. The van der Waals surface area contributed by atoms with Crippen LogP contribution in [0.2, 0.25) is 0 Å². The van der Waals surface area contributed by atoms with Crippen LogP contribution in [-0.2, 0) is 5.33 Å². The molecule has 0 saturated heterocycles.